The minimum absolute atomic E-state index is 0.265. The summed E-state index contributed by atoms with van der Waals surface area (Å²) in [5.74, 6) is 0. The average Bonchev–Trinajstić information content (AvgIpc) is 2.11. The van der Waals surface area contributed by atoms with Gasteiger partial charge in [-0.25, -0.2) is 4.89 Å². The molecule has 11 heavy (non-hydrogen) atoms. The second-order valence-electron chi connectivity index (χ2n) is 1.76. The minimum Gasteiger partial charge on any atom is -0.251 e. The fourth-order valence-electron chi connectivity index (χ4n) is 0.649. The highest BCUT2D eigenvalue weighted by atomic mass is 17.1. The predicted molar refractivity (Wildman–Crippen MR) is 45.2 cm³/mol. The molecule has 0 bridgehead atoms. The van der Waals surface area contributed by atoms with Crippen molar-refractivity contribution >= 4 is 0 Å². The fraction of sp³-hybridized carbons (Fsp3) is 0.333. The van der Waals surface area contributed by atoms with Crippen molar-refractivity contribution in [3.05, 3.63) is 35.9 Å². The van der Waals surface area contributed by atoms with E-state index in [4.69, 9.17) is 5.26 Å². The Bertz CT molecular complexity index is 160. The van der Waals surface area contributed by atoms with Crippen molar-refractivity contribution in [2.24, 2.45) is 0 Å². The maximum absolute atomic E-state index is 8.02. The predicted octanol–water partition coefficient (Wildman–Crippen LogP) is 2.70. The van der Waals surface area contributed by atoms with Crippen LogP contribution in [-0.2, 0) is 11.5 Å². The van der Waals surface area contributed by atoms with Crippen molar-refractivity contribution in [3.63, 3.8) is 0 Å². The summed E-state index contributed by atoms with van der Waals surface area (Å²) in [6, 6.07) is 9.48. The van der Waals surface area contributed by atoms with E-state index in [1.807, 2.05) is 44.2 Å². The topological polar surface area (TPSA) is 29.5 Å². The second kappa shape index (κ2) is 7.25. The van der Waals surface area contributed by atoms with Crippen LogP contribution >= 0.6 is 0 Å². The number of rotatable bonds is 2. The van der Waals surface area contributed by atoms with Crippen LogP contribution in [0.25, 0.3) is 0 Å². The summed E-state index contributed by atoms with van der Waals surface area (Å²) in [7, 11) is 0. The molecule has 1 aromatic rings. The van der Waals surface area contributed by atoms with Crippen LogP contribution < -0.4 is 0 Å². The normalized spacial score (nSPS) is 8.27. The highest BCUT2D eigenvalue weighted by molar-refractivity contribution is 5.13. The summed E-state index contributed by atoms with van der Waals surface area (Å²) in [6.45, 7) is 4.26. The Labute approximate surface area is 67.4 Å². The highest BCUT2D eigenvalue weighted by Crippen LogP contribution is 1.98. The molecular formula is C9H14O2. The molecule has 1 aromatic carbocycles. The van der Waals surface area contributed by atoms with Gasteiger partial charge in [0.1, 0.15) is 6.61 Å². The van der Waals surface area contributed by atoms with Gasteiger partial charge in [-0.15, -0.1) is 0 Å². The van der Waals surface area contributed by atoms with Gasteiger partial charge in [0.05, 0.1) is 0 Å². The van der Waals surface area contributed by atoms with Crippen LogP contribution in [0.4, 0.5) is 0 Å². The molecule has 0 heterocycles. The summed E-state index contributed by atoms with van der Waals surface area (Å²) in [4.78, 5) is 3.93. The van der Waals surface area contributed by atoms with Gasteiger partial charge in [0, 0.05) is 0 Å². The average molecular weight is 154 g/mol. The molecule has 2 heteroatoms. The van der Waals surface area contributed by atoms with E-state index in [0.29, 0.717) is 0 Å². The van der Waals surface area contributed by atoms with Gasteiger partial charge < -0.3 is 0 Å². The van der Waals surface area contributed by atoms with Crippen molar-refractivity contribution in [1.29, 1.82) is 0 Å². The maximum atomic E-state index is 8.02. The lowest BCUT2D eigenvalue weighted by molar-refractivity contribution is -0.253. The maximum Gasteiger partial charge on any atom is 0.107 e. The molecule has 0 aromatic heterocycles. The molecule has 0 radical (unpaired) electrons. The lowest BCUT2D eigenvalue weighted by atomic mass is 10.2. The van der Waals surface area contributed by atoms with Crippen LogP contribution in [0.1, 0.15) is 19.4 Å². The number of hydrogen-bond acceptors (Lipinski definition) is 2. The molecule has 2 nitrogen and oxygen atoms in total. The Morgan fingerprint density at radius 2 is 1.73 bits per heavy atom. The molecule has 0 aliphatic heterocycles. The summed E-state index contributed by atoms with van der Waals surface area (Å²) >= 11 is 0. The quantitative estimate of drug-likeness (QED) is 0.524. The molecule has 1 rings (SSSR count). The van der Waals surface area contributed by atoms with Gasteiger partial charge in [-0.1, -0.05) is 44.2 Å². The molecule has 0 saturated carbocycles. The molecule has 0 aliphatic carbocycles. The third-order valence-corrected chi connectivity index (χ3v) is 1.07. The molecule has 0 saturated heterocycles. The molecule has 0 spiro atoms. The summed E-state index contributed by atoms with van der Waals surface area (Å²) in [5.41, 5.74) is 0.972. The standard InChI is InChI=1S/C7H8O2.C2H6/c8-9-6-7-4-2-1-3-5-7;1-2/h1-5,8H,6H2;1-2H3. The molecule has 0 amide bonds. The van der Waals surface area contributed by atoms with Crippen molar-refractivity contribution in [2.75, 3.05) is 0 Å². The van der Waals surface area contributed by atoms with Gasteiger partial charge in [-0.2, -0.15) is 0 Å². The molecule has 0 atom stereocenters. The van der Waals surface area contributed by atoms with Crippen molar-refractivity contribution in [1.82, 2.24) is 0 Å². The van der Waals surface area contributed by atoms with Crippen molar-refractivity contribution < 1.29 is 10.1 Å². The fourth-order valence-corrected chi connectivity index (χ4v) is 0.649. The first kappa shape index (κ1) is 10.1. The van der Waals surface area contributed by atoms with E-state index in [0.717, 1.165) is 5.56 Å². The first-order valence-corrected chi connectivity index (χ1v) is 3.74. The van der Waals surface area contributed by atoms with Crippen LogP contribution in [-0.4, -0.2) is 5.26 Å². The Morgan fingerprint density at radius 1 is 1.18 bits per heavy atom. The second-order valence-corrected chi connectivity index (χ2v) is 1.76. The van der Waals surface area contributed by atoms with Crippen LogP contribution in [0.5, 0.6) is 0 Å². The molecule has 0 aliphatic rings. The largest absolute Gasteiger partial charge is 0.251 e. The molecule has 0 unspecified atom stereocenters. The van der Waals surface area contributed by atoms with E-state index in [-0.39, 0.29) is 6.61 Å². The molecular weight excluding hydrogens is 140 g/mol. The first-order chi connectivity index (χ1) is 5.43. The van der Waals surface area contributed by atoms with Gasteiger partial charge in [0.25, 0.3) is 0 Å². The van der Waals surface area contributed by atoms with E-state index in [9.17, 15) is 0 Å². The number of hydrogen-bond donors (Lipinski definition) is 1. The Balaban J connectivity index is 0.000000461. The van der Waals surface area contributed by atoms with Gasteiger partial charge in [0.15, 0.2) is 0 Å². The van der Waals surface area contributed by atoms with Crippen molar-refractivity contribution in [2.45, 2.75) is 20.5 Å². The van der Waals surface area contributed by atoms with Crippen LogP contribution in [0.2, 0.25) is 0 Å². The van der Waals surface area contributed by atoms with Gasteiger partial charge in [0.2, 0.25) is 0 Å². The summed E-state index contributed by atoms with van der Waals surface area (Å²) in [5, 5.41) is 8.02. The lowest BCUT2D eigenvalue weighted by Gasteiger charge is -1.93. The van der Waals surface area contributed by atoms with Gasteiger partial charge in [-0.05, 0) is 5.56 Å². The van der Waals surface area contributed by atoms with Gasteiger partial charge >= 0.3 is 0 Å². The zero-order valence-electron chi connectivity index (χ0n) is 6.95. The lowest BCUT2D eigenvalue weighted by Crippen LogP contribution is -1.84. The SMILES string of the molecule is CC.OOCc1ccccc1. The summed E-state index contributed by atoms with van der Waals surface area (Å²) < 4.78 is 0. The van der Waals surface area contributed by atoms with Crippen molar-refractivity contribution in [3.8, 4) is 0 Å². The zero-order valence-corrected chi connectivity index (χ0v) is 6.95. The Hall–Kier alpha value is -0.860. The zero-order chi connectivity index (χ0) is 8.53. The van der Waals surface area contributed by atoms with Gasteiger partial charge in [-0.3, -0.25) is 5.26 Å². The highest BCUT2D eigenvalue weighted by Gasteiger charge is 1.86. The third-order valence-electron chi connectivity index (χ3n) is 1.07. The van der Waals surface area contributed by atoms with E-state index in [1.54, 1.807) is 0 Å². The Kier molecular flexibility index (Phi) is 6.68. The molecule has 62 valence electrons. The third kappa shape index (κ3) is 4.53. The molecule has 1 N–H and O–H groups in total. The number of benzene rings is 1. The minimum atomic E-state index is 0.265. The van der Waals surface area contributed by atoms with E-state index < -0.39 is 0 Å². The van der Waals surface area contributed by atoms with E-state index >= 15 is 0 Å². The van der Waals surface area contributed by atoms with Crippen LogP contribution in [0, 0.1) is 0 Å². The first-order valence-electron chi connectivity index (χ1n) is 3.74. The van der Waals surface area contributed by atoms with E-state index in [2.05, 4.69) is 4.89 Å². The van der Waals surface area contributed by atoms with Crippen LogP contribution in [0.3, 0.4) is 0 Å². The Morgan fingerprint density at radius 3 is 2.18 bits per heavy atom. The smallest absolute Gasteiger partial charge is 0.107 e. The summed E-state index contributed by atoms with van der Waals surface area (Å²) in [6.07, 6.45) is 0. The monoisotopic (exact) mass is 154 g/mol. The van der Waals surface area contributed by atoms with E-state index in [1.165, 1.54) is 0 Å². The molecule has 0 fully saturated rings. The van der Waals surface area contributed by atoms with Crippen LogP contribution in [0.15, 0.2) is 30.3 Å².